The minimum absolute atomic E-state index is 0.0673. The van der Waals surface area contributed by atoms with Crippen LogP contribution in [0.3, 0.4) is 0 Å². The Kier molecular flexibility index (Phi) is 6.11. The summed E-state index contributed by atoms with van der Waals surface area (Å²) >= 11 is 0. The van der Waals surface area contributed by atoms with Gasteiger partial charge in [-0.2, -0.15) is 0 Å². The van der Waals surface area contributed by atoms with Gasteiger partial charge in [0.1, 0.15) is 0 Å². The molecule has 0 saturated carbocycles. The maximum atomic E-state index is 13.3. The van der Waals surface area contributed by atoms with Gasteiger partial charge in [-0.3, -0.25) is 9.59 Å². The van der Waals surface area contributed by atoms with E-state index >= 15 is 0 Å². The molecule has 5 nitrogen and oxygen atoms in total. The van der Waals surface area contributed by atoms with Crippen molar-refractivity contribution in [1.82, 2.24) is 4.90 Å². The summed E-state index contributed by atoms with van der Waals surface area (Å²) in [5.74, 6) is -0.110. The van der Waals surface area contributed by atoms with E-state index in [-0.39, 0.29) is 11.8 Å². The Hall–Kier alpha value is -3.60. The van der Waals surface area contributed by atoms with Crippen molar-refractivity contribution in [3.8, 4) is 11.1 Å². The molecule has 0 unspecified atom stereocenters. The van der Waals surface area contributed by atoms with E-state index < -0.39 is 0 Å². The van der Waals surface area contributed by atoms with Crippen molar-refractivity contribution in [2.24, 2.45) is 0 Å². The molecule has 0 radical (unpaired) electrons. The highest BCUT2D eigenvalue weighted by molar-refractivity contribution is 6.06. The highest BCUT2D eigenvalue weighted by atomic mass is 16.2. The first-order chi connectivity index (χ1) is 16.2. The van der Waals surface area contributed by atoms with Crippen LogP contribution in [0.15, 0.2) is 72.8 Å². The second kappa shape index (κ2) is 9.49. The third-order valence-corrected chi connectivity index (χ3v) is 6.58. The van der Waals surface area contributed by atoms with E-state index in [0.29, 0.717) is 16.8 Å². The molecule has 2 amide bonds. The first-order valence-corrected chi connectivity index (χ1v) is 11.8. The summed E-state index contributed by atoms with van der Waals surface area (Å²) in [5.41, 5.74) is 5.10. The summed E-state index contributed by atoms with van der Waals surface area (Å²) in [6.45, 7) is 3.56. The van der Waals surface area contributed by atoms with E-state index in [1.165, 1.54) is 0 Å². The van der Waals surface area contributed by atoms with Crippen molar-refractivity contribution in [1.29, 1.82) is 0 Å². The number of anilines is 2. The van der Waals surface area contributed by atoms with Gasteiger partial charge in [0.2, 0.25) is 0 Å². The normalized spacial score (nSPS) is 15.6. The Balaban J connectivity index is 1.37. The third kappa shape index (κ3) is 4.63. The van der Waals surface area contributed by atoms with Gasteiger partial charge in [-0.25, -0.2) is 0 Å². The first-order valence-electron chi connectivity index (χ1n) is 11.8. The van der Waals surface area contributed by atoms with E-state index in [2.05, 4.69) is 22.3 Å². The van der Waals surface area contributed by atoms with Crippen LogP contribution in [0, 0.1) is 0 Å². The van der Waals surface area contributed by atoms with Crippen molar-refractivity contribution < 1.29 is 9.59 Å². The van der Waals surface area contributed by atoms with Gasteiger partial charge in [0.05, 0.1) is 5.56 Å². The van der Waals surface area contributed by atoms with E-state index in [0.717, 1.165) is 68.7 Å². The summed E-state index contributed by atoms with van der Waals surface area (Å²) in [5, 5.41) is 2.99. The minimum Gasteiger partial charge on any atom is -0.371 e. The van der Waals surface area contributed by atoms with Gasteiger partial charge in [0, 0.05) is 43.1 Å². The largest absolute Gasteiger partial charge is 0.371 e. The fourth-order valence-corrected chi connectivity index (χ4v) is 4.76. The molecule has 0 spiro atoms. The molecule has 2 heterocycles. The fourth-order valence-electron chi connectivity index (χ4n) is 4.76. The first kappa shape index (κ1) is 21.3. The monoisotopic (exact) mass is 439 g/mol. The summed E-state index contributed by atoms with van der Waals surface area (Å²) in [6, 6.07) is 23.4. The predicted molar refractivity (Wildman–Crippen MR) is 133 cm³/mol. The number of carbonyl (C=O) groups is 2. The lowest BCUT2D eigenvalue weighted by molar-refractivity contribution is 0.0793. The molecule has 1 N–H and O–H groups in total. The van der Waals surface area contributed by atoms with Gasteiger partial charge in [-0.1, -0.05) is 42.5 Å². The maximum absolute atomic E-state index is 13.3. The van der Waals surface area contributed by atoms with Crippen LogP contribution in [-0.2, 0) is 0 Å². The Labute approximate surface area is 195 Å². The van der Waals surface area contributed by atoms with Crippen LogP contribution in [0.5, 0.6) is 0 Å². The number of carbonyl (C=O) groups excluding carboxylic acids is 2. The van der Waals surface area contributed by atoms with Crippen molar-refractivity contribution in [3.63, 3.8) is 0 Å². The van der Waals surface area contributed by atoms with Gasteiger partial charge >= 0.3 is 0 Å². The summed E-state index contributed by atoms with van der Waals surface area (Å²) in [4.78, 5) is 30.4. The zero-order valence-electron chi connectivity index (χ0n) is 18.8. The molecule has 2 aliphatic heterocycles. The van der Waals surface area contributed by atoms with Crippen molar-refractivity contribution in [3.05, 3.63) is 83.9 Å². The summed E-state index contributed by atoms with van der Waals surface area (Å²) in [6.07, 6.45) is 4.41. The molecule has 33 heavy (non-hydrogen) atoms. The topological polar surface area (TPSA) is 52.7 Å². The maximum Gasteiger partial charge on any atom is 0.256 e. The number of likely N-dealkylation sites (tertiary alicyclic amines) is 1. The van der Waals surface area contributed by atoms with Crippen LogP contribution in [-0.4, -0.2) is 42.9 Å². The van der Waals surface area contributed by atoms with Crippen molar-refractivity contribution >= 4 is 23.2 Å². The lowest BCUT2D eigenvalue weighted by atomic mass is 10.0. The van der Waals surface area contributed by atoms with Gasteiger partial charge in [-0.05, 0) is 67.1 Å². The molecule has 0 aromatic heterocycles. The molecule has 2 aliphatic rings. The van der Waals surface area contributed by atoms with Crippen LogP contribution in [0.1, 0.15) is 46.4 Å². The second-order valence-corrected chi connectivity index (χ2v) is 8.82. The summed E-state index contributed by atoms with van der Waals surface area (Å²) in [7, 11) is 0. The molecule has 2 saturated heterocycles. The van der Waals surface area contributed by atoms with Crippen LogP contribution in [0.2, 0.25) is 0 Å². The second-order valence-electron chi connectivity index (χ2n) is 8.82. The number of hydrogen-bond acceptors (Lipinski definition) is 3. The molecule has 3 aromatic rings. The Morgan fingerprint density at radius 3 is 2.03 bits per heavy atom. The molecule has 0 aliphatic carbocycles. The van der Waals surface area contributed by atoms with E-state index in [4.69, 9.17) is 0 Å². The quantitative estimate of drug-likeness (QED) is 0.576. The highest BCUT2D eigenvalue weighted by Crippen LogP contribution is 2.30. The number of rotatable bonds is 5. The zero-order valence-corrected chi connectivity index (χ0v) is 18.8. The van der Waals surface area contributed by atoms with Crippen molar-refractivity contribution in [2.45, 2.75) is 25.7 Å². The molecule has 2 fully saturated rings. The van der Waals surface area contributed by atoms with E-state index in [9.17, 15) is 9.59 Å². The van der Waals surface area contributed by atoms with Gasteiger partial charge < -0.3 is 15.1 Å². The van der Waals surface area contributed by atoms with E-state index in [1.54, 1.807) is 0 Å². The molecule has 5 heteroatoms. The molecular weight excluding hydrogens is 410 g/mol. The molecule has 0 bridgehead atoms. The number of nitrogens with one attached hydrogen (secondary N) is 1. The van der Waals surface area contributed by atoms with Crippen LogP contribution in [0.4, 0.5) is 11.4 Å². The van der Waals surface area contributed by atoms with Crippen molar-refractivity contribution in [2.75, 3.05) is 36.4 Å². The van der Waals surface area contributed by atoms with Gasteiger partial charge in [0.15, 0.2) is 0 Å². The van der Waals surface area contributed by atoms with Gasteiger partial charge in [-0.15, -0.1) is 0 Å². The molecule has 3 aromatic carbocycles. The Bertz CT molecular complexity index is 1130. The SMILES string of the molecule is O=C(Nc1ccc(N2CCCC2)c(C(=O)N2CCCC2)c1)c1ccc(-c2ccccc2)cc1. The Morgan fingerprint density at radius 2 is 1.33 bits per heavy atom. The third-order valence-electron chi connectivity index (χ3n) is 6.58. The average Bonchev–Trinajstić information content (AvgIpc) is 3.59. The molecule has 168 valence electrons. The smallest absolute Gasteiger partial charge is 0.256 e. The lowest BCUT2D eigenvalue weighted by Crippen LogP contribution is -2.30. The molecule has 0 atom stereocenters. The fraction of sp³-hybridized carbons (Fsp3) is 0.286. The predicted octanol–water partition coefficient (Wildman–Crippen LogP) is 5.44. The van der Waals surface area contributed by atoms with Crippen LogP contribution in [0.25, 0.3) is 11.1 Å². The Morgan fingerprint density at radius 1 is 0.697 bits per heavy atom. The van der Waals surface area contributed by atoms with Gasteiger partial charge in [0.25, 0.3) is 11.8 Å². The number of hydrogen-bond donors (Lipinski definition) is 1. The zero-order chi connectivity index (χ0) is 22.6. The van der Waals surface area contributed by atoms with E-state index in [1.807, 2.05) is 65.6 Å². The molecular formula is C28H29N3O2. The molecule has 5 rings (SSSR count). The lowest BCUT2D eigenvalue weighted by Gasteiger charge is -2.24. The highest BCUT2D eigenvalue weighted by Gasteiger charge is 2.25. The number of amides is 2. The van der Waals surface area contributed by atoms with Crippen LogP contribution >= 0.6 is 0 Å². The number of benzene rings is 3. The van der Waals surface area contributed by atoms with Crippen LogP contribution < -0.4 is 10.2 Å². The summed E-state index contributed by atoms with van der Waals surface area (Å²) < 4.78 is 0. The average molecular weight is 440 g/mol. The standard InChI is InChI=1S/C28H29N3O2/c32-27(23-12-10-22(11-13-23)21-8-2-1-3-9-21)29-24-14-15-26(30-16-4-5-17-30)25(20-24)28(33)31-18-6-7-19-31/h1-3,8-15,20H,4-7,16-19H2,(H,29,32). The minimum atomic E-state index is -0.178. The number of nitrogens with zero attached hydrogens (tertiary/aromatic N) is 2.